The van der Waals surface area contributed by atoms with Crippen molar-refractivity contribution in [2.75, 3.05) is 11.1 Å². The van der Waals surface area contributed by atoms with Gasteiger partial charge in [-0.25, -0.2) is 15.0 Å². The van der Waals surface area contributed by atoms with Crippen molar-refractivity contribution in [2.24, 2.45) is 0 Å². The molecule has 2 aromatic rings. The van der Waals surface area contributed by atoms with E-state index in [4.69, 9.17) is 17.3 Å². The zero-order chi connectivity index (χ0) is 14.2. The molecule has 0 spiro atoms. The van der Waals surface area contributed by atoms with Crippen molar-refractivity contribution in [3.8, 4) is 0 Å². The van der Waals surface area contributed by atoms with Crippen LogP contribution in [-0.2, 0) is 0 Å². The maximum Gasteiger partial charge on any atom is 0.160 e. The van der Waals surface area contributed by atoms with Gasteiger partial charge >= 0.3 is 0 Å². The van der Waals surface area contributed by atoms with E-state index in [0.29, 0.717) is 17.3 Å². The third-order valence-electron chi connectivity index (χ3n) is 3.14. The summed E-state index contributed by atoms with van der Waals surface area (Å²) in [6, 6.07) is 0. The molecule has 0 aliphatic carbocycles. The Bertz CT molecular complexity index is 639. The molecule has 0 bridgehead atoms. The molecule has 5 nitrogen and oxygen atoms in total. The highest BCUT2D eigenvalue weighted by Crippen LogP contribution is 2.28. The van der Waals surface area contributed by atoms with Crippen molar-refractivity contribution in [1.82, 2.24) is 15.0 Å². The van der Waals surface area contributed by atoms with Crippen LogP contribution in [0, 0.1) is 27.7 Å². The number of rotatable bonds is 2. The molecule has 0 unspecified atom stereocenters. The average Bonchev–Trinajstić information content (AvgIpc) is 2.36. The molecular weight excluding hydrogens is 262 g/mol. The molecule has 0 saturated carbocycles. The number of halogens is 1. The number of anilines is 3. The van der Waals surface area contributed by atoms with Gasteiger partial charge in [0.1, 0.15) is 17.3 Å². The normalized spacial score (nSPS) is 10.6. The van der Waals surface area contributed by atoms with Gasteiger partial charge in [0.25, 0.3) is 0 Å². The standard InChI is InChI=1S/C13H16ClN5/c1-6-5-16-12(8(3)7(6)2)19-13-10(15)11(14)17-9(4)18-13/h5H,15H2,1-4H3,(H,16,17,18,19). The molecule has 2 rings (SSSR count). The minimum atomic E-state index is 0.247. The fraction of sp³-hybridized carbons (Fsp3) is 0.308. The first-order valence-corrected chi connectivity index (χ1v) is 6.27. The van der Waals surface area contributed by atoms with Crippen molar-refractivity contribution in [3.05, 3.63) is 33.9 Å². The van der Waals surface area contributed by atoms with Gasteiger partial charge in [-0.3, -0.25) is 0 Å². The molecule has 0 atom stereocenters. The summed E-state index contributed by atoms with van der Waals surface area (Å²) in [6.45, 7) is 7.85. The number of nitrogens with zero attached hydrogens (tertiary/aromatic N) is 3. The largest absolute Gasteiger partial charge is 0.393 e. The van der Waals surface area contributed by atoms with Gasteiger partial charge in [-0.1, -0.05) is 11.6 Å². The Hall–Kier alpha value is -1.88. The summed E-state index contributed by atoms with van der Waals surface area (Å²) in [5, 5.41) is 3.37. The van der Waals surface area contributed by atoms with E-state index in [9.17, 15) is 0 Å². The van der Waals surface area contributed by atoms with E-state index < -0.39 is 0 Å². The van der Waals surface area contributed by atoms with Crippen molar-refractivity contribution in [1.29, 1.82) is 0 Å². The van der Waals surface area contributed by atoms with Crippen molar-refractivity contribution in [2.45, 2.75) is 27.7 Å². The van der Waals surface area contributed by atoms with Crippen LogP contribution < -0.4 is 11.1 Å². The van der Waals surface area contributed by atoms with Crippen molar-refractivity contribution < 1.29 is 0 Å². The lowest BCUT2D eigenvalue weighted by Gasteiger charge is -2.13. The lowest BCUT2D eigenvalue weighted by Crippen LogP contribution is -2.06. The molecule has 0 radical (unpaired) electrons. The van der Waals surface area contributed by atoms with Gasteiger partial charge in [0.05, 0.1) is 0 Å². The Kier molecular flexibility index (Phi) is 3.57. The molecule has 2 heterocycles. The van der Waals surface area contributed by atoms with Crippen LogP contribution >= 0.6 is 11.6 Å². The molecule has 100 valence electrons. The fourth-order valence-corrected chi connectivity index (χ4v) is 1.92. The molecule has 6 heteroatoms. The summed E-state index contributed by atoms with van der Waals surface area (Å²) in [6.07, 6.45) is 1.82. The molecule has 0 saturated heterocycles. The SMILES string of the molecule is Cc1nc(Cl)c(N)c(Nc2ncc(C)c(C)c2C)n1. The summed E-state index contributed by atoms with van der Waals surface area (Å²) >= 11 is 5.95. The predicted molar refractivity (Wildman–Crippen MR) is 77.9 cm³/mol. The summed E-state index contributed by atoms with van der Waals surface area (Å²) in [5.74, 6) is 1.77. The van der Waals surface area contributed by atoms with Crippen molar-refractivity contribution >= 4 is 28.9 Å². The topological polar surface area (TPSA) is 76.7 Å². The minimum Gasteiger partial charge on any atom is -0.393 e. The second-order valence-electron chi connectivity index (χ2n) is 4.49. The quantitative estimate of drug-likeness (QED) is 0.825. The van der Waals surface area contributed by atoms with E-state index in [2.05, 4.69) is 27.2 Å². The average molecular weight is 278 g/mol. The second-order valence-corrected chi connectivity index (χ2v) is 4.85. The molecule has 0 aromatic carbocycles. The third kappa shape index (κ3) is 2.61. The second kappa shape index (κ2) is 5.01. The molecule has 0 amide bonds. The smallest absolute Gasteiger partial charge is 0.160 e. The Morgan fingerprint density at radius 1 is 1.05 bits per heavy atom. The van der Waals surface area contributed by atoms with Gasteiger partial charge in [-0.05, 0) is 44.4 Å². The lowest BCUT2D eigenvalue weighted by atomic mass is 10.1. The summed E-state index contributed by atoms with van der Waals surface area (Å²) in [7, 11) is 0. The van der Waals surface area contributed by atoms with E-state index in [1.165, 1.54) is 5.56 Å². The monoisotopic (exact) mass is 277 g/mol. The first-order valence-electron chi connectivity index (χ1n) is 5.89. The van der Waals surface area contributed by atoms with Crippen LogP contribution in [0.25, 0.3) is 0 Å². The van der Waals surface area contributed by atoms with Crippen LogP contribution in [0.3, 0.4) is 0 Å². The van der Waals surface area contributed by atoms with E-state index in [0.717, 1.165) is 16.9 Å². The van der Waals surface area contributed by atoms with E-state index in [1.54, 1.807) is 6.92 Å². The number of nitrogen functional groups attached to an aromatic ring is 1. The highest BCUT2D eigenvalue weighted by atomic mass is 35.5. The first kappa shape index (κ1) is 13.5. The Morgan fingerprint density at radius 3 is 2.42 bits per heavy atom. The zero-order valence-electron chi connectivity index (χ0n) is 11.4. The van der Waals surface area contributed by atoms with Gasteiger partial charge < -0.3 is 11.1 Å². The van der Waals surface area contributed by atoms with Crippen LogP contribution in [0.5, 0.6) is 0 Å². The predicted octanol–water partition coefficient (Wildman–Crippen LogP) is 3.08. The summed E-state index contributed by atoms with van der Waals surface area (Å²) < 4.78 is 0. The van der Waals surface area contributed by atoms with Crippen LogP contribution in [-0.4, -0.2) is 15.0 Å². The van der Waals surface area contributed by atoms with E-state index in [-0.39, 0.29) is 5.15 Å². The summed E-state index contributed by atoms with van der Waals surface area (Å²) in [5.41, 5.74) is 9.59. The highest BCUT2D eigenvalue weighted by molar-refractivity contribution is 6.32. The molecule has 19 heavy (non-hydrogen) atoms. The van der Waals surface area contributed by atoms with E-state index >= 15 is 0 Å². The fourth-order valence-electron chi connectivity index (χ4n) is 1.71. The Morgan fingerprint density at radius 2 is 1.74 bits per heavy atom. The minimum absolute atomic E-state index is 0.247. The van der Waals surface area contributed by atoms with Gasteiger partial charge in [0, 0.05) is 6.20 Å². The lowest BCUT2D eigenvalue weighted by molar-refractivity contribution is 1.05. The maximum absolute atomic E-state index is 5.95. The van der Waals surface area contributed by atoms with Gasteiger partial charge in [0.15, 0.2) is 11.0 Å². The first-order chi connectivity index (χ1) is 8.90. The number of pyridine rings is 1. The Balaban J connectivity index is 2.45. The van der Waals surface area contributed by atoms with Crippen LogP contribution in [0.4, 0.5) is 17.3 Å². The Labute approximate surface area is 117 Å². The molecule has 0 aliphatic heterocycles. The molecule has 3 N–H and O–H groups in total. The molecular formula is C13H16ClN5. The van der Waals surface area contributed by atoms with Crippen LogP contribution in [0.15, 0.2) is 6.20 Å². The number of aromatic nitrogens is 3. The maximum atomic E-state index is 5.95. The van der Waals surface area contributed by atoms with E-state index in [1.807, 2.05) is 20.0 Å². The molecule has 2 aromatic heterocycles. The number of hydrogen-bond donors (Lipinski definition) is 2. The van der Waals surface area contributed by atoms with Gasteiger partial charge in [-0.2, -0.15) is 0 Å². The number of hydrogen-bond acceptors (Lipinski definition) is 5. The number of nitrogens with two attached hydrogens (primary N) is 1. The van der Waals surface area contributed by atoms with Gasteiger partial charge in [0.2, 0.25) is 0 Å². The van der Waals surface area contributed by atoms with Crippen LogP contribution in [0.1, 0.15) is 22.5 Å². The third-order valence-corrected chi connectivity index (χ3v) is 3.43. The molecule has 0 fully saturated rings. The summed E-state index contributed by atoms with van der Waals surface area (Å²) in [4.78, 5) is 12.6. The van der Waals surface area contributed by atoms with Gasteiger partial charge in [-0.15, -0.1) is 0 Å². The van der Waals surface area contributed by atoms with Crippen LogP contribution in [0.2, 0.25) is 5.15 Å². The highest BCUT2D eigenvalue weighted by Gasteiger charge is 2.11. The van der Waals surface area contributed by atoms with Crippen molar-refractivity contribution in [3.63, 3.8) is 0 Å². The number of nitrogens with one attached hydrogen (secondary N) is 1. The zero-order valence-corrected chi connectivity index (χ0v) is 12.1. The molecule has 0 aliphatic rings. The number of aryl methyl sites for hydroxylation is 2.